The first-order valence-corrected chi connectivity index (χ1v) is 12.6. The van der Waals surface area contributed by atoms with Crippen molar-refractivity contribution in [1.29, 1.82) is 0 Å². The van der Waals surface area contributed by atoms with Crippen LogP contribution in [0.5, 0.6) is 0 Å². The zero-order chi connectivity index (χ0) is 27.2. The monoisotopic (exact) mass is 520 g/mol. The van der Waals surface area contributed by atoms with Gasteiger partial charge < -0.3 is 10.2 Å². The largest absolute Gasteiger partial charge is 0.394 e. The van der Waals surface area contributed by atoms with E-state index in [2.05, 4.69) is 48.0 Å². The Kier molecular flexibility index (Phi) is 6.56. The van der Waals surface area contributed by atoms with Gasteiger partial charge in [0.15, 0.2) is 5.82 Å². The highest BCUT2D eigenvalue weighted by atomic mass is 19.1. The Bertz CT molecular complexity index is 1470. The molecule has 0 spiro atoms. The first-order valence-electron chi connectivity index (χ1n) is 12.6. The fourth-order valence-corrected chi connectivity index (χ4v) is 5.78. The minimum absolute atomic E-state index is 0.0349. The maximum Gasteiger partial charge on any atom is 0.162 e. The Morgan fingerprint density at radius 2 is 1.84 bits per heavy atom. The van der Waals surface area contributed by atoms with Crippen LogP contribution in [0.3, 0.4) is 0 Å². The number of aliphatic hydroxyl groups is 2. The van der Waals surface area contributed by atoms with Crippen LogP contribution in [-0.2, 0) is 12.0 Å². The topological polar surface area (TPSA) is 110 Å². The van der Waals surface area contributed by atoms with Crippen molar-refractivity contribution < 1.29 is 19.0 Å². The zero-order valence-corrected chi connectivity index (χ0v) is 21.7. The predicted octanol–water partition coefficient (Wildman–Crippen LogP) is 4.27. The van der Waals surface area contributed by atoms with Crippen molar-refractivity contribution in [2.24, 2.45) is 5.41 Å². The van der Waals surface area contributed by atoms with Crippen LogP contribution in [0.1, 0.15) is 57.0 Å². The summed E-state index contributed by atoms with van der Waals surface area (Å²) in [4.78, 5) is 9.36. The van der Waals surface area contributed by atoms with E-state index in [1.165, 1.54) is 22.9 Å². The van der Waals surface area contributed by atoms with E-state index in [-0.39, 0.29) is 35.7 Å². The molecule has 0 unspecified atom stereocenters. The Balaban J connectivity index is 1.61. The molecule has 0 amide bonds. The van der Waals surface area contributed by atoms with Crippen molar-refractivity contribution in [3.63, 3.8) is 0 Å². The lowest BCUT2D eigenvalue weighted by Gasteiger charge is -2.41. The van der Waals surface area contributed by atoms with E-state index in [4.69, 9.17) is 10.1 Å². The van der Waals surface area contributed by atoms with Crippen LogP contribution in [0.15, 0.2) is 48.9 Å². The third-order valence-corrected chi connectivity index (χ3v) is 8.13. The summed E-state index contributed by atoms with van der Waals surface area (Å²) in [5, 5.41) is 32.0. The van der Waals surface area contributed by atoms with Gasteiger partial charge in [-0.05, 0) is 54.5 Å². The summed E-state index contributed by atoms with van der Waals surface area (Å²) in [7, 11) is 0. The number of nitrogens with zero attached hydrogens (tertiary/aromatic N) is 6. The summed E-state index contributed by atoms with van der Waals surface area (Å²) >= 11 is 0. The van der Waals surface area contributed by atoms with Crippen molar-refractivity contribution in [3.05, 3.63) is 77.5 Å². The molecule has 198 valence electrons. The Hall–Kier alpha value is -3.63. The molecule has 0 saturated carbocycles. The van der Waals surface area contributed by atoms with E-state index in [0.29, 0.717) is 11.4 Å². The number of rotatable bonds is 7. The molecule has 2 N–H and O–H groups in total. The van der Waals surface area contributed by atoms with Crippen LogP contribution < -0.4 is 0 Å². The van der Waals surface area contributed by atoms with Crippen molar-refractivity contribution in [2.45, 2.75) is 58.1 Å². The van der Waals surface area contributed by atoms with Crippen molar-refractivity contribution >= 4 is 0 Å². The molecule has 4 aromatic rings. The quantitative estimate of drug-likeness (QED) is 0.375. The summed E-state index contributed by atoms with van der Waals surface area (Å²) < 4.78 is 30.7. The van der Waals surface area contributed by atoms with E-state index in [1.807, 2.05) is 6.07 Å². The second-order valence-electron chi connectivity index (χ2n) is 10.5. The lowest BCUT2D eigenvalue weighted by atomic mass is 9.62. The highest BCUT2D eigenvalue weighted by Gasteiger charge is 2.57. The average Bonchev–Trinajstić information content (AvgIpc) is 3.43. The Morgan fingerprint density at radius 3 is 2.53 bits per heavy atom. The van der Waals surface area contributed by atoms with Crippen molar-refractivity contribution in [3.8, 4) is 22.6 Å². The number of hydrogen-bond donors (Lipinski definition) is 2. The molecule has 0 bridgehead atoms. The fourth-order valence-electron chi connectivity index (χ4n) is 5.78. The van der Waals surface area contributed by atoms with Gasteiger partial charge in [-0.15, -0.1) is 5.10 Å². The third-order valence-electron chi connectivity index (χ3n) is 8.13. The maximum absolute atomic E-state index is 14.6. The van der Waals surface area contributed by atoms with Gasteiger partial charge in [-0.2, -0.15) is 10.2 Å². The van der Waals surface area contributed by atoms with E-state index in [0.717, 1.165) is 23.4 Å². The first-order chi connectivity index (χ1) is 18.1. The van der Waals surface area contributed by atoms with Crippen LogP contribution in [0.2, 0.25) is 0 Å². The maximum atomic E-state index is 14.6. The molecule has 1 aromatic carbocycles. The number of aromatic nitrogens is 6. The predicted molar refractivity (Wildman–Crippen MR) is 137 cm³/mol. The molecular formula is C28H30F2N6O2. The normalized spacial score (nSPS) is 20.9. The van der Waals surface area contributed by atoms with E-state index < -0.39 is 23.2 Å². The highest BCUT2D eigenvalue weighted by molar-refractivity contribution is 5.63. The lowest BCUT2D eigenvalue weighted by Crippen LogP contribution is -2.40. The third kappa shape index (κ3) is 3.99. The average molecular weight is 521 g/mol. The lowest BCUT2D eigenvalue weighted by molar-refractivity contribution is 0.0783. The van der Waals surface area contributed by atoms with Crippen LogP contribution in [0, 0.1) is 17.0 Å². The van der Waals surface area contributed by atoms with Gasteiger partial charge in [-0.3, -0.25) is 4.68 Å². The number of aliphatic hydroxyl groups excluding tert-OH is 2. The molecule has 8 nitrogen and oxygen atoms in total. The minimum atomic E-state index is -0.919. The molecular weight excluding hydrogens is 490 g/mol. The molecule has 1 aliphatic rings. The van der Waals surface area contributed by atoms with Gasteiger partial charge in [-0.1, -0.05) is 26.8 Å². The van der Waals surface area contributed by atoms with E-state index in [1.54, 1.807) is 24.7 Å². The molecule has 3 aromatic heterocycles. The molecule has 0 fully saturated rings. The van der Waals surface area contributed by atoms with Crippen LogP contribution in [-0.4, -0.2) is 52.9 Å². The number of halogens is 2. The van der Waals surface area contributed by atoms with Gasteiger partial charge in [0.1, 0.15) is 11.6 Å². The van der Waals surface area contributed by atoms with Crippen molar-refractivity contribution in [2.75, 3.05) is 6.61 Å². The number of fused-ring (bicyclic) bond motifs is 1. The molecule has 0 aliphatic heterocycles. The second kappa shape index (κ2) is 9.59. The van der Waals surface area contributed by atoms with Gasteiger partial charge in [0.2, 0.25) is 0 Å². The standard InChI is InChI=1S/C28H30F2N6O2/c1-5-19-18-11-22(24-20(29)7-6-8-21(24)30)34-35-25(18)28(4,27(19,2)3)23-9-10-31-26(33-23)16-12-32-36(13-16)14-17(38)15-37/h6-13,17,19,37-38H,5,14-15H2,1-4H3/t17-,19+,28+/m1/s1. The molecule has 5 rings (SSSR count). The molecule has 3 heterocycles. The smallest absolute Gasteiger partial charge is 0.162 e. The molecule has 10 heteroatoms. The molecule has 0 saturated heterocycles. The zero-order valence-electron chi connectivity index (χ0n) is 21.7. The van der Waals surface area contributed by atoms with Gasteiger partial charge in [0.25, 0.3) is 0 Å². The SMILES string of the molecule is CC[C@H]1c2cc(-c3c(F)cccc3F)nnc2[C@](C)(c2ccnc(-c3cnn(C[C@@H](O)CO)c3)n2)C1(C)C. The minimum Gasteiger partial charge on any atom is -0.394 e. The molecule has 38 heavy (non-hydrogen) atoms. The van der Waals surface area contributed by atoms with E-state index >= 15 is 0 Å². The number of hydrogen-bond acceptors (Lipinski definition) is 7. The molecule has 3 atom stereocenters. The van der Waals surface area contributed by atoms with Gasteiger partial charge in [0.05, 0.1) is 59.1 Å². The summed E-state index contributed by atoms with van der Waals surface area (Å²) in [5.74, 6) is -0.865. The highest BCUT2D eigenvalue weighted by Crippen LogP contribution is 2.61. The van der Waals surface area contributed by atoms with Crippen LogP contribution in [0.4, 0.5) is 8.78 Å². The van der Waals surface area contributed by atoms with Gasteiger partial charge in [0, 0.05) is 12.4 Å². The van der Waals surface area contributed by atoms with Crippen molar-refractivity contribution in [1.82, 2.24) is 29.9 Å². The Labute approximate surface area is 219 Å². The summed E-state index contributed by atoms with van der Waals surface area (Å²) in [5.41, 5.74) is 1.97. The molecule has 1 aliphatic carbocycles. The first kappa shape index (κ1) is 26.0. The fraction of sp³-hybridized carbons (Fsp3) is 0.393. The summed E-state index contributed by atoms with van der Waals surface area (Å²) in [6.07, 6.45) is 4.89. The second-order valence-corrected chi connectivity index (χ2v) is 10.5. The van der Waals surface area contributed by atoms with Gasteiger partial charge in [-0.25, -0.2) is 18.7 Å². The Morgan fingerprint density at radius 1 is 1.11 bits per heavy atom. The number of benzene rings is 1. The summed E-state index contributed by atoms with van der Waals surface area (Å²) in [6, 6.07) is 7.39. The van der Waals surface area contributed by atoms with Crippen LogP contribution >= 0.6 is 0 Å². The summed E-state index contributed by atoms with van der Waals surface area (Å²) in [6.45, 7) is 8.26. The molecule has 0 radical (unpaired) electrons. The van der Waals surface area contributed by atoms with Crippen LogP contribution in [0.25, 0.3) is 22.6 Å². The van der Waals surface area contributed by atoms with E-state index in [9.17, 15) is 13.9 Å². The van der Waals surface area contributed by atoms with Gasteiger partial charge >= 0.3 is 0 Å².